The lowest BCUT2D eigenvalue weighted by Crippen LogP contribution is -1.83. The summed E-state index contributed by atoms with van der Waals surface area (Å²) in [6, 6.07) is 2.21. The SMILES string of the molecule is N#CC1=C(C2=CCC=C2)CC=C1. The van der Waals surface area contributed by atoms with Gasteiger partial charge in [0.15, 0.2) is 0 Å². The summed E-state index contributed by atoms with van der Waals surface area (Å²) in [6.07, 6.45) is 12.3. The Kier molecular flexibility index (Phi) is 1.68. The van der Waals surface area contributed by atoms with Crippen molar-refractivity contribution in [3.8, 4) is 6.07 Å². The van der Waals surface area contributed by atoms with Crippen LogP contribution in [0.1, 0.15) is 12.8 Å². The van der Waals surface area contributed by atoms with Gasteiger partial charge in [0.2, 0.25) is 0 Å². The van der Waals surface area contributed by atoms with Gasteiger partial charge in [-0.25, -0.2) is 0 Å². The molecule has 0 aromatic rings. The minimum atomic E-state index is 0.827. The van der Waals surface area contributed by atoms with Crippen molar-refractivity contribution in [3.63, 3.8) is 0 Å². The number of nitrogens with zero attached hydrogens (tertiary/aromatic N) is 1. The fourth-order valence-corrected chi connectivity index (χ4v) is 1.57. The number of allylic oxidation sites excluding steroid dienone is 8. The molecule has 1 nitrogen and oxygen atoms in total. The van der Waals surface area contributed by atoms with Gasteiger partial charge < -0.3 is 0 Å². The Bertz CT molecular complexity index is 359. The van der Waals surface area contributed by atoms with Gasteiger partial charge in [-0.05, 0) is 30.1 Å². The normalized spacial score (nSPS) is 20.1. The van der Waals surface area contributed by atoms with E-state index in [-0.39, 0.29) is 0 Å². The Hall–Kier alpha value is -1.55. The Morgan fingerprint density at radius 3 is 2.83 bits per heavy atom. The monoisotopic (exact) mass is 155 g/mol. The van der Waals surface area contributed by atoms with E-state index in [1.165, 1.54) is 11.1 Å². The van der Waals surface area contributed by atoms with Crippen LogP contribution in [0.15, 0.2) is 47.1 Å². The smallest absolute Gasteiger partial charge is 0.0994 e. The van der Waals surface area contributed by atoms with Gasteiger partial charge in [0.05, 0.1) is 11.6 Å². The molecule has 12 heavy (non-hydrogen) atoms. The summed E-state index contributed by atoms with van der Waals surface area (Å²) >= 11 is 0. The highest BCUT2D eigenvalue weighted by atomic mass is 14.3. The summed E-state index contributed by atoms with van der Waals surface area (Å²) in [6.45, 7) is 0. The van der Waals surface area contributed by atoms with Crippen LogP contribution in [0.3, 0.4) is 0 Å². The highest BCUT2D eigenvalue weighted by Crippen LogP contribution is 2.28. The van der Waals surface area contributed by atoms with E-state index in [0.717, 1.165) is 18.4 Å². The third-order valence-electron chi connectivity index (χ3n) is 2.17. The molecule has 0 fully saturated rings. The highest BCUT2D eigenvalue weighted by Gasteiger charge is 2.12. The van der Waals surface area contributed by atoms with E-state index < -0.39 is 0 Å². The molecule has 0 saturated heterocycles. The van der Waals surface area contributed by atoms with E-state index in [4.69, 9.17) is 5.26 Å². The van der Waals surface area contributed by atoms with Crippen molar-refractivity contribution in [1.29, 1.82) is 5.26 Å². The van der Waals surface area contributed by atoms with E-state index in [0.29, 0.717) is 0 Å². The van der Waals surface area contributed by atoms with Crippen molar-refractivity contribution in [3.05, 3.63) is 47.1 Å². The van der Waals surface area contributed by atoms with Gasteiger partial charge in [-0.2, -0.15) is 5.26 Å². The Morgan fingerprint density at radius 2 is 2.17 bits per heavy atom. The molecular weight excluding hydrogens is 146 g/mol. The lowest BCUT2D eigenvalue weighted by molar-refractivity contribution is 1.27. The van der Waals surface area contributed by atoms with Crippen LogP contribution in [0.4, 0.5) is 0 Å². The second-order valence-corrected chi connectivity index (χ2v) is 2.91. The van der Waals surface area contributed by atoms with Gasteiger partial charge in [0.25, 0.3) is 0 Å². The first-order chi connectivity index (χ1) is 5.92. The molecule has 2 aliphatic carbocycles. The number of hydrogen-bond acceptors (Lipinski definition) is 1. The maximum atomic E-state index is 8.79. The molecule has 2 rings (SSSR count). The molecule has 0 unspecified atom stereocenters. The van der Waals surface area contributed by atoms with E-state index in [2.05, 4.69) is 24.3 Å². The van der Waals surface area contributed by atoms with Crippen LogP contribution in [-0.4, -0.2) is 0 Å². The summed E-state index contributed by atoms with van der Waals surface area (Å²) in [7, 11) is 0. The molecule has 2 aliphatic rings. The molecule has 0 atom stereocenters. The van der Waals surface area contributed by atoms with Gasteiger partial charge in [-0.1, -0.05) is 24.3 Å². The van der Waals surface area contributed by atoms with Crippen molar-refractivity contribution in [2.75, 3.05) is 0 Å². The maximum absolute atomic E-state index is 8.79. The average Bonchev–Trinajstić information content (AvgIpc) is 2.74. The van der Waals surface area contributed by atoms with Gasteiger partial charge in [0, 0.05) is 0 Å². The van der Waals surface area contributed by atoms with Crippen molar-refractivity contribution in [2.45, 2.75) is 12.8 Å². The van der Waals surface area contributed by atoms with Crippen LogP contribution >= 0.6 is 0 Å². The molecule has 0 bridgehead atoms. The third kappa shape index (κ3) is 1.02. The summed E-state index contributed by atoms with van der Waals surface area (Å²) < 4.78 is 0. The fraction of sp³-hybridized carbons (Fsp3) is 0.182. The second-order valence-electron chi connectivity index (χ2n) is 2.91. The summed E-state index contributed by atoms with van der Waals surface area (Å²) in [4.78, 5) is 0. The van der Waals surface area contributed by atoms with Crippen molar-refractivity contribution in [2.24, 2.45) is 0 Å². The molecule has 0 radical (unpaired) electrons. The molecule has 0 spiro atoms. The first-order valence-corrected chi connectivity index (χ1v) is 4.08. The lowest BCUT2D eigenvalue weighted by Gasteiger charge is -1.99. The van der Waals surface area contributed by atoms with Crippen LogP contribution in [0.2, 0.25) is 0 Å². The van der Waals surface area contributed by atoms with Crippen LogP contribution in [0.5, 0.6) is 0 Å². The minimum absolute atomic E-state index is 0.827. The first kappa shape index (κ1) is 7.12. The number of rotatable bonds is 1. The zero-order valence-electron chi connectivity index (χ0n) is 6.75. The quantitative estimate of drug-likeness (QED) is 0.571. The van der Waals surface area contributed by atoms with Crippen LogP contribution < -0.4 is 0 Å². The third-order valence-corrected chi connectivity index (χ3v) is 2.17. The minimum Gasteiger partial charge on any atom is -0.192 e. The molecule has 0 aromatic carbocycles. The zero-order valence-corrected chi connectivity index (χ0v) is 6.75. The summed E-state index contributed by atoms with van der Waals surface area (Å²) in [5.74, 6) is 0. The van der Waals surface area contributed by atoms with Gasteiger partial charge in [-0.15, -0.1) is 0 Å². The zero-order chi connectivity index (χ0) is 8.39. The lowest BCUT2D eigenvalue weighted by atomic mass is 10.0. The van der Waals surface area contributed by atoms with E-state index in [1.54, 1.807) is 0 Å². The summed E-state index contributed by atoms with van der Waals surface area (Å²) in [5.41, 5.74) is 3.25. The Balaban J connectivity index is 2.37. The predicted octanol–water partition coefficient (Wildman–Crippen LogP) is 2.65. The molecule has 58 valence electrons. The fourth-order valence-electron chi connectivity index (χ4n) is 1.57. The number of hydrogen-bond donors (Lipinski definition) is 0. The van der Waals surface area contributed by atoms with E-state index in [1.807, 2.05) is 12.2 Å². The van der Waals surface area contributed by atoms with Gasteiger partial charge in [0.1, 0.15) is 0 Å². The summed E-state index contributed by atoms with van der Waals surface area (Å²) in [5, 5.41) is 8.79. The van der Waals surface area contributed by atoms with E-state index in [9.17, 15) is 0 Å². The molecule has 1 heteroatoms. The first-order valence-electron chi connectivity index (χ1n) is 4.08. The van der Waals surface area contributed by atoms with Crippen LogP contribution in [-0.2, 0) is 0 Å². The molecule has 0 amide bonds. The largest absolute Gasteiger partial charge is 0.192 e. The number of nitriles is 1. The topological polar surface area (TPSA) is 23.8 Å². The molecule has 0 aliphatic heterocycles. The molecule has 0 aromatic heterocycles. The standard InChI is InChI=1S/C11H9N/c12-8-10-6-3-7-11(10)9-4-1-2-5-9/h1,3-6H,2,7H2. The molecule has 0 heterocycles. The van der Waals surface area contributed by atoms with Crippen molar-refractivity contribution < 1.29 is 0 Å². The van der Waals surface area contributed by atoms with Crippen LogP contribution in [0, 0.1) is 11.3 Å². The molecular formula is C11H9N. The highest BCUT2D eigenvalue weighted by molar-refractivity contribution is 5.56. The van der Waals surface area contributed by atoms with Gasteiger partial charge in [-0.3, -0.25) is 0 Å². The van der Waals surface area contributed by atoms with Crippen molar-refractivity contribution in [1.82, 2.24) is 0 Å². The Labute approximate surface area is 72.0 Å². The predicted molar refractivity (Wildman–Crippen MR) is 48.2 cm³/mol. The Morgan fingerprint density at radius 1 is 1.25 bits per heavy atom. The van der Waals surface area contributed by atoms with Crippen LogP contribution in [0.25, 0.3) is 0 Å². The average molecular weight is 155 g/mol. The van der Waals surface area contributed by atoms with E-state index >= 15 is 0 Å². The van der Waals surface area contributed by atoms with Gasteiger partial charge >= 0.3 is 0 Å². The molecule has 0 N–H and O–H groups in total. The second kappa shape index (κ2) is 2.83. The molecule has 0 saturated carbocycles. The van der Waals surface area contributed by atoms with Crippen molar-refractivity contribution >= 4 is 0 Å². The maximum Gasteiger partial charge on any atom is 0.0994 e.